The number of alkyl halides is 4. The Balaban J connectivity index is 2.03. The molecule has 0 spiro atoms. The van der Waals surface area contributed by atoms with Crippen LogP contribution in [0.25, 0.3) is 0 Å². The molecule has 31 heavy (non-hydrogen) atoms. The molecule has 0 aliphatic carbocycles. The van der Waals surface area contributed by atoms with Crippen LogP contribution in [0.3, 0.4) is 0 Å². The SMILES string of the molecule is CC(C)Nc1ccc(C(Cc2cc[n+]([O-])cc2)c2ccc(C(F)F)c(C(F)F)c2)cn1. The first-order valence-corrected chi connectivity index (χ1v) is 9.84. The molecular weight excluding hydrogens is 410 g/mol. The fraction of sp³-hybridized carbons (Fsp3) is 0.304. The van der Waals surface area contributed by atoms with Crippen molar-refractivity contribution < 1.29 is 22.3 Å². The fourth-order valence-electron chi connectivity index (χ4n) is 3.43. The van der Waals surface area contributed by atoms with E-state index in [1.807, 2.05) is 19.9 Å². The maximum atomic E-state index is 13.5. The zero-order valence-electron chi connectivity index (χ0n) is 17.1. The van der Waals surface area contributed by atoms with Crippen LogP contribution >= 0.6 is 0 Å². The van der Waals surface area contributed by atoms with Crippen LogP contribution in [0.15, 0.2) is 61.1 Å². The molecule has 2 aromatic heterocycles. The van der Waals surface area contributed by atoms with Gasteiger partial charge < -0.3 is 10.5 Å². The summed E-state index contributed by atoms with van der Waals surface area (Å²) < 4.78 is 54.0. The third-order valence-electron chi connectivity index (χ3n) is 4.92. The van der Waals surface area contributed by atoms with Crippen LogP contribution in [0.2, 0.25) is 0 Å². The van der Waals surface area contributed by atoms with Gasteiger partial charge in [0.15, 0.2) is 12.4 Å². The third-order valence-corrected chi connectivity index (χ3v) is 4.92. The van der Waals surface area contributed by atoms with Gasteiger partial charge in [-0.2, -0.15) is 4.73 Å². The topological polar surface area (TPSA) is 51.9 Å². The number of rotatable bonds is 8. The van der Waals surface area contributed by atoms with Crippen LogP contribution in [-0.4, -0.2) is 11.0 Å². The van der Waals surface area contributed by atoms with E-state index in [2.05, 4.69) is 10.3 Å². The largest absolute Gasteiger partial charge is 0.619 e. The lowest BCUT2D eigenvalue weighted by atomic mass is 9.85. The summed E-state index contributed by atoms with van der Waals surface area (Å²) in [6.45, 7) is 3.96. The summed E-state index contributed by atoms with van der Waals surface area (Å²) in [4.78, 5) is 4.39. The number of pyridine rings is 2. The van der Waals surface area contributed by atoms with Gasteiger partial charge in [-0.15, -0.1) is 0 Å². The highest BCUT2D eigenvalue weighted by Gasteiger charge is 2.23. The Kier molecular flexibility index (Phi) is 7.09. The molecule has 0 radical (unpaired) electrons. The van der Waals surface area contributed by atoms with Crippen molar-refractivity contribution in [2.24, 2.45) is 0 Å². The van der Waals surface area contributed by atoms with E-state index in [9.17, 15) is 22.8 Å². The molecule has 0 bridgehead atoms. The second kappa shape index (κ2) is 9.76. The molecule has 0 saturated heterocycles. The van der Waals surface area contributed by atoms with Crippen LogP contribution in [0, 0.1) is 5.21 Å². The van der Waals surface area contributed by atoms with Gasteiger partial charge in [-0.05, 0) is 49.1 Å². The second-order valence-electron chi connectivity index (χ2n) is 7.59. The molecule has 0 amide bonds. The van der Waals surface area contributed by atoms with Gasteiger partial charge in [0, 0.05) is 41.4 Å². The maximum absolute atomic E-state index is 13.5. The Bertz CT molecular complexity index is 993. The van der Waals surface area contributed by atoms with E-state index in [0.717, 1.165) is 23.3 Å². The van der Waals surface area contributed by atoms with Gasteiger partial charge in [0.05, 0.1) is 0 Å². The molecule has 3 rings (SSSR count). The Hall–Kier alpha value is -3.16. The molecule has 164 valence electrons. The molecule has 4 nitrogen and oxygen atoms in total. The molecular formula is C23H23F4N3O. The zero-order valence-corrected chi connectivity index (χ0v) is 17.1. The van der Waals surface area contributed by atoms with Crippen molar-refractivity contribution in [1.29, 1.82) is 0 Å². The van der Waals surface area contributed by atoms with Gasteiger partial charge in [0.25, 0.3) is 12.9 Å². The van der Waals surface area contributed by atoms with E-state index in [1.165, 1.54) is 18.5 Å². The van der Waals surface area contributed by atoms with Crippen LogP contribution < -0.4 is 10.0 Å². The molecule has 1 aromatic carbocycles. The first-order chi connectivity index (χ1) is 14.7. The van der Waals surface area contributed by atoms with Crippen molar-refractivity contribution in [2.75, 3.05) is 5.32 Å². The number of hydrogen-bond donors (Lipinski definition) is 1. The van der Waals surface area contributed by atoms with Crippen molar-refractivity contribution in [2.45, 2.75) is 45.1 Å². The number of nitrogens with zero attached hydrogens (tertiary/aromatic N) is 2. The molecule has 0 aliphatic rings. The van der Waals surface area contributed by atoms with Crippen molar-refractivity contribution >= 4 is 5.82 Å². The molecule has 0 fully saturated rings. The first kappa shape index (κ1) is 22.5. The van der Waals surface area contributed by atoms with Crippen molar-refractivity contribution in [3.63, 3.8) is 0 Å². The Morgan fingerprint density at radius 2 is 1.55 bits per heavy atom. The summed E-state index contributed by atoms with van der Waals surface area (Å²) in [5.41, 5.74) is 0.689. The summed E-state index contributed by atoms with van der Waals surface area (Å²) in [5.74, 6) is 0.262. The minimum absolute atomic E-state index is 0.188. The summed E-state index contributed by atoms with van der Waals surface area (Å²) in [6, 6.07) is 10.8. The molecule has 1 atom stereocenters. The fourth-order valence-corrected chi connectivity index (χ4v) is 3.43. The minimum atomic E-state index is -3.02. The van der Waals surface area contributed by atoms with Crippen LogP contribution in [0.1, 0.15) is 60.4 Å². The average Bonchev–Trinajstić information content (AvgIpc) is 2.73. The van der Waals surface area contributed by atoms with Gasteiger partial charge in [0.2, 0.25) is 0 Å². The second-order valence-corrected chi connectivity index (χ2v) is 7.59. The highest BCUT2D eigenvalue weighted by molar-refractivity contribution is 5.43. The third kappa shape index (κ3) is 5.71. The smallest absolute Gasteiger partial charge is 0.264 e. The normalized spacial score (nSPS) is 12.5. The molecule has 0 saturated carbocycles. The standard InChI is InChI=1S/C23H23F4N3O/c1-14(2)29-21-6-4-17(13-28-21)19(11-15-7-9-30(31)10-8-15)16-3-5-18(22(24)25)20(12-16)23(26)27/h3-10,12-14,19,22-23H,11H2,1-2H3,(H,28,29). The quantitative estimate of drug-likeness (QED) is 0.278. The maximum Gasteiger partial charge on any atom is 0.264 e. The van der Waals surface area contributed by atoms with Gasteiger partial charge in [-0.3, -0.25) is 0 Å². The van der Waals surface area contributed by atoms with E-state index in [4.69, 9.17) is 0 Å². The first-order valence-electron chi connectivity index (χ1n) is 9.84. The van der Waals surface area contributed by atoms with Gasteiger partial charge in [0.1, 0.15) is 5.82 Å². The number of halogens is 4. The monoisotopic (exact) mass is 433 g/mol. The Morgan fingerprint density at radius 3 is 2.10 bits per heavy atom. The van der Waals surface area contributed by atoms with Crippen molar-refractivity contribution in [3.8, 4) is 0 Å². The number of benzene rings is 1. The summed E-state index contributed by atoms with van der Waals surface area (Å²) >= 11 is 0. The Labute approximate surface area is 178 Å². The van der Waals surface area contributed by atoms with Gasteiger partial charge in [-0.25, -0.2) is 22.5 Å². The summed E-state index contributed by atoms with van der Waals surface area (Å²) in [7, 11) is 0. The summed E-state index contributed by atoms with van der Waals surface area (Å²) in [5, 5.41) is 14.5. The van der Waals surface area contributed by atoms with Gasteiger partial charge in [-0.1, -0.05) is 18.2 Å². The molecule has 8 heteroatoms. The highest BCUT2D eigenvalue weighted by Crippen LogP contribution is 2.36. The molecule has 1 N–H and O–H groups in total. The van der Waals surface area contributed by atoms with Gasteiger partial charge >= 0.3 is 0 Å². The van der Waals surface area contributed by atoms with Crippen LogP contribution in [0.4, 0.5) is 23.4 Å². The number of hydrogen-bond acceptors (Lipinski definition) is 3. The molecule has 1 unspecified atom stereocenters. The van der Waals surface area contributed by atoms with Crippen LogP contribution in [-0.2, 0) is 6.42 Å². The average molecular weight is 433 g/mol. The molecule has 3 aromatic rings. The lowest BCUT2D eigenvalue weighted by Gasteiger charge is -2.20. The Morgan fingerprint density at radius 1 is 0.903 bits per heavy atom. The lowest BCUT2D eigenvalue weighted by molar-refractivity contribution is -0.605. The van der Waals surface area contributed by atoms with E-state index in [1.54, 1.807) is 24.4 Å². The number of nitrogens with one attached hydrogen (secondary N) is 1. The number of aromatic nitrogens is 2. The highest BCUT2D eigenvalue weighted by atomic mass is 19.3. The van der Waals surface area contributed by atoms with Crippen molar-refractivity contribution in [1.82, 2.24) is 4.98 Å². The lowest BCUT2D eigenvalue weighted by Crippen LogP contribution is -2.24. The van der Waals surface area contributed by atoms with Crippen molar-refractivity contribution in [3.05, 3.63) is 94.1 Å². The summed E-state index contributed by atoms with van der Waals surface area (Å²) in [6.07, 6.45) is -1.27. The number of anilines is 1. The molecule has 0 aliphatic heterocycles. The predicted molar refractivity (Wildman–Crippen MR) is 110 cm³/mol. The zero-order chi connectivity index (χ0) is 22.5. The van der Waals surface area contributed by atoms with Crippen LogP contribution in [0.5, 0.6) is 0 Å². The minimum Gasteiger partial charge on any atom is -0.619 e. The predicted octanol–water partition coefficient (Wildman–Crippen LogP) is 5.79. The van der Waals surface area contributed by atoms with E-state index >= 15 is 0 Å². The van der Waals surface area contributed by atoms with E-state index in [-0.39, 0.29) is 6.04 Å². The van der Waals surface area contributed by atoms with E-state index < -0.39 is 29.9 Å². The van der Waals surface area contributed by atoms with E-state index in [0.29, 0.717) is 22.5 Å². The molecule has 2 heterocycles.